The molecule has 1 aliphatic rings. The summed E-state index contributed by atoms with van der Waals surface area (Å²) >= 11 is 0. The molecule has 1 heterocycles. The molecule has 0 unspecified atom stereocenters. The maximum atomic E-state index is 13.6. The highest BCUT2D eigenvalue weighted by Gasteiger charge is 2.21. The molecule has 0 saturated carbocycles. The lowest BCUT2D eigenvalue weighted by Crippen LogP contribution is -2.49. The van der Waals surface area contributed by atoms with Crippen LogP contribution in [-0.2, 0) is 11.2 Å². The molecule has 1 aromatic rings. The van der Waals surface area contributed by atoms with Crippen molar-refractivity contribution in [3.05, 3.63) is 35.6 Å². The number of halogens is 1. The van der Waals surface area contributed by atoms with Crippen LogP contribution in [0.15, 0.2) is 24.3 Å². The summed E-state index contributed by atoms with van der Waals surface area (Å²) in [6.07, 6.45) is 2.65. The van der Waals surface area contributed by atoms with Crippen LogP contribution in [0.25, 0.3) is 0 Å². The van der Waals surface area contributed by atoms with E-state index >= 15 is 0 Å². The molecular weight excluding hydrogens is 279 g/mol. The Morgan fingerprint density at radius 2 is 1.86 bits per heavy atom. The van der Waals surface area contributed by atoms with Gasteiger partial charge in [0.15, 0.2) is 0 Å². The lowest BCUT2D eigenvalue weighted by molar-refractivity contribution is -0.132. The van der Waals surface area contributed by atoms with Crippen LogP contribution in [0.2, 0.25) is 0 Å². The molecule has 4 heteroatoms. The fourth-order valence-electron chi connectivity index (χ4n) is 2.86. The Morgan fingerprint density at radius 1 is 1.18 bits per heavy atom. The van der Waals surface area contributed by atoms with Crippen molar-refractivity contribution in [3.63, 3.8) is 0 Å². The summed E-state index contributed by atoms with van der Waals surface area (Å²) in [7, 11) is 0. The largest absolute Gasteiger partial charge is 0.340 e. The van der Waals surface area contributed by atoms with Gasteiger partial charge < -0.3 is 4.90 Å². The third-order valence-corrected chi connectivity index (χ3v) is 4.28. The zero-order valence-electron chi connectivity index (χ0n) is 13.7. The summed E-state index contributed by atoms with van der Waals surface area (Å²) in [5.74, 6) is 0.499. The van der Waals surface area contributed by atoms with Gasteiger partial charge in [0.05, 0.1) is 6.42 Å². The fraction of sp³-hybridized carbons (Fsp3) is 0.611. The summed E-state index contributed by atoms with van der Waals surface area (Å²) in [4.78, 5) is 16.6. The third kappa shape index (κ3) is 5.09. The van der Waals surface area contributed by atoms with Crippen molar-refractivity contribution in [2.45, 2.75) is 33.1 Å². The number of rotatable bonds is 6. The number of amides is 1. The van der Waals surface area contributed by atoms with E-state index in [0.29, 0.717) is 5.56 Å². The maximum Gasteiger partial charge on any atom is 0.227 e. The molecule has 0 atom stereocenters. The van der Waals surface area contributed by atoms with Crippen molar-refractivity contribution in [2.24, 2.45) is 5.92 Å². The highest BCUT2D eigenvalue weighted by atomic mass is 19.1. The molecule has 1 aliphatic heterocycles. The maximum absolute atomic E-state index is 13.6. The minimum Gasteiger partial charge on any atom is -0.340 e. The Morgan fingerprint density at radius 3 is 2.50 bits per heavy atom. The second kappa shape index (κ2) is 8.28. The Hall–Kier alpha value is -1.42. The molecule has 0 aromatic heterocycles. The summed E-state index contributed by atoms with van der Waals surface area (Å²) in [6.45, 7) is 9.00. The van der Waals surface area contributed by atoms with E-state index in [1.54, 1.807) is 18.2 Å². The average molecular weight is 306 g/mol. The van der Waals surface area contributed by atoms with Gasteiger partial charge in [0.1, 0.15) is 5.82 Å². The van der Waals surface area contributed by atoms with Gasteiger partial charge >= 0.3 is 0 Å². The molecule has 0 N–H and O–H groups in total. The highest BCUT2D eigenvalue weighted by molar-refractivity contribution is 5.78. The quantitative estimate of drug-likeness (QED) is 0.807. The van der Waals surface area contributed by atoms with E-state index in [2.05, 4.69) is 18.7 Å². The molecule has 0 radical (unpaired) electrons. The second-order valence-corrected chi connectivity index (χ2v) is 6.53. The van der Waals surface area contributed by atoms with Gasteiger partial charge in [-0.25, -0.2) is 4.39 Å². The smallest absolute Gasteiger partial charge is 0.227 e. The summed E-state index contributed by atoms with van der Waals surface area (Å²) in [5, 5.41) is 0. The predicted molar refractivity (Wildman–Crippen MR) is 87.2 cm³/mol. The van der Waals surface area contributed by atoms with Gasteiger partial charge in [-0.15, -0.1) is 0 Å². The standard InChI is InChI=1S/C18H27FN2O/c1-15(2)6-5-9-20-10-12-21(13-11-20)18(22)14-16-7-3-4-8-17(16)19/h3-4,7-8,15H,5-6,9-14H2,1-2H3. The van der Waals surface area contributed by atoms with E-state index in [4.69, 9.17) is 0 Å². The minimum atomic E-state index is -0.289. The molecule has 1 fully saturated rings. The second-order valence-electron chi connectivity index (χ2n) is 6.53. The Bertz CT molecular complexity index is 482. The number of hydrogen-bond acceptors (Lipinski definition) is 2. The first-order valence-corrected chi connectivity index (χ1v) is 8.30. The number of piperazine rings is 1. The van der Waals surface area contributed by atoms with E-state index in [1.807, 2.05) is 4.90 Å². The Kier molecular flexibility index (Phi) is 6.37. The Balaban J connectivity index is 1.74. The summed E-state index contributed by atoms with van der Waals surface area (Å²) < 4.78 is 13.6. The zero-order chi connectivity index (χ0) is 15.9. The minimum absolute atomic E-state index is 0.0342. The van der Waals surface area contributed by atoms with Crippen LogP contribution in [-0.4, -0.2) is 48.4 Å². The van der Waals surface area contributed by atoms with E-state index in [0.717, 1.165) is 38.6 Å². The van der Waals surface area contributed by atoms with Gasteiger partial charge in [-0.3, -0.25) is 9.69 Å². The Labute approximate surface area is 133 Å². The van der Waals surface area contributed by atoms with E-state index in [9.17, 15) is 9.18 Å². The average Bonchev–Trinajstić information content (AvgIpc) is 2.50. The van der Waals surface area contributed by atoms with Gasteiger partial charge in [-0.05, 0) is 36.9 Å². The molecule has 0 spiro atoms. The van der Waals surface area contributed by atoms with Gasteiger partial charge in [0.25, 0.3) is 0 Å². The van der Waals surface area contributed by atoms with Crippen LogP contribution in [0.5, 0.6) is 0 Å². The monoisotopic (exact) mass is 306 g/mol. The van der Waals surface area contributed by atoms with Crippen LogP contribution in [0, 0.1) is 11.7 Å². The highest BCUT2D eigenvalue weighted by Crippen LogP contribution is 2.11. The number of carbonyl (C=O) groups is 1. The first-order chi connectivity index (χ1) is 10.6. The summed E-state index contributed by atoms with van der Waals surface area (Å²) in [5.41, 5.74) is 0.492. The van der Waals surface area contributed by atoms with Crippen molar-refractivity contribution >= 4 is 5.91 Å². The van der Waals surface area contributed by atoms with Crippen LogP contribution in [0.3, 0.4) is 0 Å². The molecule has 1 amide bonds. The zero-order valence-corrected chi connectivity index (χ0v) is 13.7. The van der Waals surface area contributed by atoms with Crippen molar-refractivity contribution in [3.8, 4) is 0 Å². The summed E-state index contributed by atoms with van der Waals surface area (Å²) in [6, 6.07) is 6.53. The van der Waals surface area contributed by atoms with Crippen molar-refractivity contribution < 1.29 is 9.18 Å². The number of benzene rings is 1. The van der Waals surface area contributed by atoms with Gasteiger partial charge in [0, 0.05) is 26.2 Å². The first kappa shape index (κ1) is 16.9. The molecule has 22 heavy (non-hydrogen) atoms. The van der Waals surface area contributed by atoms with Crippen molar-refractivity contribution in [1.82, 2.24) is 9.80 Å². The van der Waals surface area contributed by atoms with Crippen molar-refractivity contribution in [1.29, 1.82) is 0 Å². The molecule has 3 nitrogen and oxygen atoms in total. The molecule has 1 saturated heterocycles. The predicted octanol–water partition coefficient (Wildman–Crippen LogP) is 2.95. The van der Waals surface area contributed by atoms with Crippen molar-refractivity contribution in [2.75, 3.05) is 32.7 Å². The molecule has 2 rings (SSSR count). The third-order valence-electron chi connectivity index (χ3n) is 4.28. The topological polar surface area (TPSA) is 23.6 Å². The van der Waals surface area contributed by atoms with E-state index in [1.165, 1.54) is 18.9 Å². The number of carbonyl (C=O) groups excluding carboxylic acids is 1. The van der Waals surface area contributed by atoms with E-state index in [-0.39, 0.29) is 18.1 Å². The van der Waals surface area contributed by atoms with Crippen LogP contribution in [0.4, 0.5) is 4.39 Å². The fourth-order valence-corrected chi connectivity index (χ4v) is 2.86. The van der Waals surface area contributed by atoms with Crippen LogP contribution >= 0.6 is 0 Å². The molecule has 0 bridgehead atoms. The van der Waals surface area contributed by atoms with E-state index < -0.39 is 0 Å². The lowest BCUT2D eigenvalue weighted by Gasteiger charge is -2.35. The van der Waals surface area contributed by atoms with Gasteiger partial charge in [0.2, 0.25) is 5.91 Å². The molecule has 122 valence electrons. The number of hydrogen-bond donors (Lipinski definition) is 0. The normalized spacial score (nSPS) is 16.3. The molecule has 0 aliphatic carbocycles. The lowest BCUT2D eigenvalue weighted by atomic mass is 10.1. The SMILES string of the molecule is CC(C)CCCN1CCN(C(=O)Cc2ccccc2F)CC1. The van der Waals surface area contributed by atoms with Crippen LogP contribution < -0.4 is 0 Å². The first-order valence-electron chi connectivity index (χ1n) is 8.30. The number of nitrogens with zero attached hydrogens (tertiary/aromatic N) is 2. The van der Waals surface area contributed by atoms with Gasteiger partial charge in [-0.1, -0.05) is 32.0 Å². The molecule has 1 aromatic carbocycles. The molecular formula is C18H27FN2O. The van der Waals surface area contributed by atoms with Gasteiger partial charge in [-0.2, -0.15) is 0 Å². The van der Waals surface area contributed by atoms with Crippen LogP contribution in [0.1, 0.15) is 32.3 Å².